The zero-order chi connectivity index (χ0) is 11.7. The lowest BCUT2D eigenvalue weighted by Crippen LogP contribution is -2.20. The fourth-order valence-corrected chi connectivity index (χ4v) is 2.34. The average molecular weight is 231 g/mol. The fourth-order valence-electron chi connectivity index (χ4n) is 1.41. The van der Waals surface area contributed by atoms with E-state index in [0.29, 0.717) is 11.3 Å². The molecule has 2 rings (SSSR count). The Morgan fingerprint density at radius 1 is 1.56 bits per heavy atom. The molecule has 0 amide bonds. The van der Waals surface area contributed by atoms with E-state index in [0.717, 1.165) is 10.4 Å². The second-order valence-corrected chi connectivity index (χ2v) is 4.36. The smallest absolute Gasteiger partial charge is 0.301 e. The summed E-state index contributed by atoms with van der Waals surface area (Å²) in [4.78, 5) is 16.3. The van der Waals surface area contributed by atoms with Crippen LogP contribution >= 0.6 is 11.3 Å². The van der Waals surface area contributed by atoms with Crippen molar-refractivity contribution in [3.8, 4) is 16.6 Å². The molecule has 80 valence electrons. The van der Waals surface area contributed by atoms with Gasteiger partial charge in [-0.05, 0) is 23.9 Å². The highest BCUT2D eigenvalue weighted by atomic mass is 32.1. The zero-order valence-electron chi connectivity index (χ0n) is 8.89. The Morgan fingerprint density at radius 2 is 2.31 bits per heavy atom. The number of nitrogens with zero attached hydrogens (tertiary/aromatic N) is 3. The maximum atomic E-state index is 11.5. The van der Waals surface area contributed by atoms with Crippen LogP contribution in [-0.2, 0) is 7.05 Å². The van der Waals surface area contributed by atoms with E-state index < -0.39 is 0 Å². The molecule has 0 aliphatic carbocycles. The highest BCUT2D eigenvalue weighted by Crippen LogP contribution is 2.28. The fraction of sp³-hybridized carbons (Fsp3) is 0.182. The van der Waals surface area contributed by atoms with Crippen molar-refractivity contribution in [2.45, 2.75) is 6.92 Å². The second-order valence-electron chi connectivity index (χ2n) is 3.44. The topological polar surface area (TPSA) is 58.7 Å². The van der Waals surface area contributed by atoms with E-state index in [1.165, 1.54) is 22.1 Å². The summed E-state index contributed by atoms with van der Waals surface area (Å²) < 4.78 is 1.31. The lowest BCUT2D eigenvalue weighted by Gasteiger charge is -2.03. The number of aryl methyl sites for hydroxylation is 2. The molecule has 0 aliphatic heterocycles. The van der Waals surface area contributed by atoms with Crippen LogP contribution in [0.4, 0.5) is 0 Å². The van der Waals surface area contributed by atoms with Crippen LogP contribution in [0.15, 0.2) is 22.4 Å². The third-order valence-corrected chi connectivity index (χ3v) is 3.31. The molecule has 0 radical (unpaired) electrons. The predicted molar refractivity (Wildman–Crippen MR) is 62.2 cm³/mol. The summed E-state index contributed by atoms with van der Waals surface area (Å²) in [5.74, 6) is 0. The van der Waals surface area contributed by atoms with Crippen LogP contribution in [0.25, 0.3) is 10.6 Å². The van der Waals surface area contributed by atoms with Crippen LogP contribution in [0.1, 0.15) is 11.1 Å². The Labute approximate surface area is 96.4 Å². The number of aromatic nitrogens is 2. The molecule has 2 aromatic heterocycles. The summed E-state index contributed by atoms with van der Waals surface area (Å²) in [6.07, 6.45) is 1.52. The van der Waals surface area contributed by atoms with Crippen LogP contribution in [0.5, 0.6) is 0 Å². The van der Waals surface area contributed by atoms with Crippen molar-refractivity contribution in [2.75, 3.05) is 0 Å². The average Bonchev–Trinajstić information content (AvgIpc) is 2.68. The minimum Gasteiger partial charge on any atom is -0.301 e. The summed E-state index contributed by atoms with van der Waals surface area (Å²) in [5.41, 5.74) is 1.59. The first-order valence-electron chi connectivity index (χ1n) is 4.65. The van der Waals surface area contributed by atoms with E-state index in [-0.39, 0.29) is 5.69 Å². The van der Waals surface area contributed by atoms with Gasteiger partial charge in [-0.2, -0.15) is 10.2 Å². The molecule has 0 N–H and O–H groups in total. The monoisotopic (exact) mass is 231 g/mol. The quantitative estimate of drug-likeness (QED) is 0.750. The van der Waals surface area contributed by atoms with Gasteiger partial charge in [0.05, 0.1) is 10.4 Å². The SMILES string of the molecule is Cc1ccsc1-c1nc(=O)n(C)cc1C#N. The standard InChI is InChI=1S/C11H9N3OS/c1-7-3-4-16-10(7)9-8(5-12)6-14(2)11(15)13-9/h3-4,6H,1-2H3. The summed E-state index contributed by atoms with van der Waals surface area (Å²) in [6.45, 7) is 1.94. The largest absolute Gasteiger partial charge is 0.347 e. The summed E-state index contributed by atoms with van der Waals surface area (Å²) in [5, 5.41) is 10.9. The molecule has 0 aliphatic rings. The number of hydrogen-bond acceptors (Lipinski definition) is 4. The molecule has 0 atom stereocenters. The first kappa shape index (κ1) is 10.6. The lowest BCUT2D eigenvalue weighted by molar-refractivity contribution is 0.809. The molecule has 0 fully saturated rings. The summed E-state index contributed by atoms with van der Waals surface area (Å²) >= 11 is 1.48. The maximum Gasteiger partial charge on any atom is 0.347 e. The molecule has 4 nitrogen and oxygen atoms in total. The van der Waals surface area contributed by atoms with Gasteiger partial charge in [0.15, 0.2) is 0 Å². The van der Waals surface area contributed by atoms with Gasteiger partial charge in [-0.3, -0.25) is 0 Å². The number of hydrogen-bond donors (Lipinski definition) is 0. The van der Waals surface area contributed by atoms with Gasteiger partial charge in [0.1, 0.15) is 11.8 Å². The van der Waals surface area contributed by atoms with Gasteiger partial charge in [-0.15, -0.1) is 11.3 Å². The first-order valence-corrected chi connectivity index (χ1v) is 5.53. The van der Waals surface area contributed by atoms with Gasteiger partial charge in [0, 0.05) is 13.2 Å². The van der Waals surface area contributed by atoms with Crippen molar-refractivity contribution < 1.29 is 0 Å². The van der Waals surface area contributed by atoms with Gasteiger partial charge in [-0.25, -0.2) is 4.79 Å². The Kier molecular flexibility index (Phi) is 2.59. The molecule has 0 bridgehead atoms. The van der Waals surface area contributed by atoms with E-state index in [1.54, 1.807) is 7.05 Å². The minimum absolute atomic E-state index is 0.346. The maximum absolute atomic E-state index is 11.5. The van der Waals surface area contributed by atoms with Crippen molar-refractivity contribution in [3.63, 3.8) is 0 Å². The third kappa shape index (κ3) is 1.64. The molecule has 2 aromatic rings. The van der Waals surface area contributed by atoms with Crippen LogP contribution in [0.2, 0.25) is 0 Å². The highest BCUT2D eigenvalue weighted by molar-refractivity contribution is 7.13. The van der Waals surface area contributed by atoms with E-state index in [2.05, 4.69) is 11.1 Å². The van der Waals surface area contributed by atoms with Crippen LogP contribution in [0, 0.1) is 18.3 Å². The molecule has 2 heterocycles. The van der Waals surface area contributed by atoms with Crippen LogP contribution < -0.4 is 5.69 Å². The predicted octanol–water partition coefficient (Wildman–Crippen LogP) is 1.69. The Morgan fingerprint density at radius 3 is 2.88 bits per heavy atom. The molecule has 0 saturated heterocycles. The van der Waals surface area contributed by atoms with Crippen LogP contribution in [-0.4, -0.2) is 9.55 Å². The first-order chi connectivity index (χ1) is 7.63. The number of nitriles is 1. The molecule has 0 unspecified atom stereocenters. The number of thiophene rings is 1. The van der Waals surface area contributed by atoms with E-state index >= 15 is 0 Å². The Bertz CT molecular complexity index is 633. The Hall–Kier alpha value is -1.93. The van der Waals surface area contributed by atoms with Crippen molar-refractivity contribution in [1.82, 2.24) is 9.55 Å². The Balaban J connectivity index is 2.76. The second kappa shape index (κ2) is 3.91. The zero-order valence-corrected chi connectivity index (χ0v) is 9.71. The van der Waals surface area contributed by atoms with Gasteiger partial charge in [-0.1, -0.05) is 0 Å². The molecule has 0 spiro atoms. The number of rotatable bonds is 1. The van der Waals surface area contributed by atoms with Crippen molar-refractivity contribution >= 4 is 11.3 Å². The van der Waals surface area contributed by atoms with Gasteiger partial charge < -0.3 is 4.57 Å². The summed E-state index contributed by atoms with van der Waals surface area (Å²) in [7, 11) is 1.58. The van der Waals surface area contributed by atoms with E-state index in [9.17, 15) is 4.79 Å². The summed E-state index contributed by atoms with van der Waals surface area (Å²) in [6, 6.07) is 4.01. The van der Waals surface area contributed by atoms with Crippen molar-refractivity contribution in [1.29, 1.82) is 5.26 Å². The molecule has 0 saturated carbocycles. The molecule has 0 aromatic carbocycles. The normalized spacial score (nSPS) is 10.1. The minimum atomic E-state index is -0.346. The van der Waals surface area contributed by atoms with Crippen molar-refractivity contribution in [3.05, 3.63) is 39.3 Å². The molecular weight excluding hydrogens is 222 g/mol. The van der Waals surface area contributed by atoms with E-state index in [1.807, 2.05) is 18.4 Å². The molecular formula is C11H9N3OS. The molecule has 16 heavy (non-hydrogen) atoms. The third-order valence-electron chi connectivity index (χ3n) is 2.28. The van der Waals surface area contributed by atoms with Gasteiger partial charge in [0.2, 0.25) is 0 Å². The van der Waals surface area contributed by atoms with Gasteiger partial charge >= 0.3 is 5.69 Å². The molecule has 5 heteroatoms. The van der Waals surface area contributed by atoms with Crippen molar-refractivity contribution in [2.24, 2.45) is 7.05 Å². The van der Waals surface area contributed by atoms with Gasteiger partial charge in [0.25, 0.3) is 0 Å². The van der Waals surface area contributed by atoms with E-state index in [4.69, 9.17) is 5.26 Å². The highest BCUT2D eigenvalue weighted by Gasteiger charge is 2.12. The van der Waals surface area contributed by atoms with Crippen LogP contribution in [0.3, 0.4) is 0 Å². The lowest BCUT2D eigenvalue weighted by atomic mass is 10.1.